The minimum Gasteiger partial charge on any atom is -0.353 e. The number of aromatic nitrogens is 1. The molecule has 0 fully saturated rings. The predicted octanol–water partition coefficient (Wildman–Crippen LogP) is 2.59. The van der Waals surface area contributed by atoms with Gasteiger partial charge in [-0.15, -0.1) is 0 Å². The molecule has 1 atom stereocenters. The molecule has 0 saturated carbocycles. The fourth-order valence-corrected chi connectivity index (χ4v) is 1.62. The van der Waals surface area contributed by atoms with Gasteiger partial charge in [-0.3, -0.25) is 0 Å². The quantitative estimate of drug-likeness (QED) is 0.765. The second-order valence-electron chi connectivity index (χ2n) is 3.85. The van der Waals surface area contributed by atoms with Gasteiger partial charge in [0.15, 0.2) is 0 Å². The molecule has 2 nitrogen and oxygen atoms in total. The molecule has 0 aliphatic carbocycles. The van der Waals surface area contributed by atoms with Gasteiger partial charge in [-0.2, -0.15) is 0 Å². The standard InChI is InChI=1S/C12H15N2/c1-9(14(2)3)11-8-13-12-7-5-4-6-10(11)12/h4-7,9,13H,1-3H3. The Balaban J connectivity index is 2.53. The van der Waals surface area contributed by atoms with Gasteiger partial charge in [0, 0.05) is 22.5 Å². The third kappa shape index (κ3) is 1.42. The second kappa shape index (κ2) is 3.46. The fraction of sp³-hybridized carbons (Fsp3) is 0.333. The Morgan fingerprint density at radius 3 is 2.71 bits per heavy atom. The van der Waals surface area contributed by atoms with E-state index in [0.29, 0.717) is 6.04 Å². The Kier molecular flexibility index (Phi) is 2.30. The van der Waals surface area contributed by atoms with Crippen molar-refractivity contribution in [3.63, 3.8) is 0 Å². The number of aromatic amines is 1. The SMILES string of the molecule is CC(c1[c][nH]c2ccccc12)N(C)C. The van der Waals surface area contributed by atoms with Crippen molar-refractivity contribution in [2.45, 2.75) is 13.0 Å². The van der Waals surface area contributed by atoms with E-state index in [1.807, 2.05) is 6.07 Å². The van der Waals surface area contributed by atoms with Gasteiger partial charge in [0.1, 0.15) is 0 Å². The summed E-state index contributed by atoms with van der Waals surface area (Å²) in [7, 11) is 4.17. The molecule has 14 heavy (non-hydrogen) atoms. The molecule has 2 aromatic rings. The molecular formula is C12H15N2. The summed E-state index contributed by atoms with van der Waals surface area (Å²) >= 11 is 0. The minimum atomic E-state index is 0.395. The van der Waals surface area contributed by atoms with Crippen LogP contribution in [0.25, 0.3) is 10.9 Å². The number of H-pyrrole nitrogens is 1. The zero-order valence-corrected chi connectivity index (χ0v) is 8.83. The molecule has 1 aromatic heterocycles. The maximum atomic E-state index is 3.23. The highest BCUT2D eigenvalue weighted by Gasteiger charge is 2.12. The van der Waals surface area contributed by atoms with Crippen molar-refractivity contribution in [3.05, 3.63) is 36.0 Å². The zero-order valence-electron chi connectivity index (χ0n) is 8.83. The van der Waals surface area contributed by atoms with Gasteiger partial charge in [0.05, 0.1) is 6.20 Å². The van der Waals surface area contributed by atoms with Gasteiger partial charge in [-0.05, 0) is 27.1 Å². The van der Waals surface area contributed by atoms with E-state index >= 15 is 0 Å². The number of hydrogen-bond acceptors (Lipinski definition) is 1. The molecule has 0 aliphatic heterocycles. The van der Waals surface area contributed by atoms with Crippen LogP contribution in [-0.2, 0) is 0 Å². The number of para-hydroxylation sites is 1. The first kappa shape index (κ1) is 9.28. The van der Waals surface area contributed by atoms with E-state index in [4.69, 9.17) is 0 Å². The average Bonchev–Trinajstić information content (AvgIpc) is 2.60. The van der Waals surface area contributed by atoms with E-state index in [1.165, 1.54) is 10.9 Å². The lowest BCUT2D eigenvalue weighted by atomic mass is 10.1. The van der Waals surface area contributed by atoms with E-state index in [9.17, 15) is 0 Å². The van der Waals surface area contributed by atoms with E-state index in [2.05, 4.69) is 55.3 Å². The fourth-order valence-electron chi connectivity index (χ4n) is 1.62. The Labute approximate surface area is 84.5 Å². The summed E-state index contributed by atoms with van der Waals surface area (Å²) in [6.07, 6.45) is 3.23. The number of fused-ring (bicyclic) bond motifs is 1. The predicted molar refractivity (Wildman–Crippen MR) is 59.2 cm³/mol. The molecule has 0 bridgehead atoms. The molecule has 2 heteroatoms. The molecule has 1 aromatic carbocycles. The molecule has 73 valence electrons. The molecule has 0 saturated heterocycles. The van der Waals surface area contributed by atoms with E-state index in [1.54, 1.807) is 0 Å². The van der Waals surface area contributed by atoms with Crippen LogP contribution < -0.4 is 0 Å². The molecule has 1 N–H and O–H groups in total. The van der Waals surface area contributed by atoms with Gasteiger partial charge in [-0.25, -0.2) is 0 Å². The van der Waals surface area contributed by atoms with Gasteiger partial charge in [-0.1, -0.05) is 18.2 Å². The molecule has 0 spiro atoms. The number of nitrogens with zero attached hydrogens (tertiary/aromatic N) is 1. The summed E-state index contributed by atoms with van der Waals surface area (Å²) in [5.74, 6) is 0. The Morgan fingerprint density at radius 1 is 1.29 bits per heavy atom. The second-order valence-corrected chi connectivity index (χ2v) is 3.85. The number of rotatable bonds is 2. The van der Waals surface area contributed by atoms with Crippen LogP contribution in [0.2, 0.25) is 0 Å². The lowest BCUT2D eigenvalue weighted by Crippen LogP contribution is -2.16. The van der Waals surface area contributed by atoms with Crippen molar-refractivity contribution in [1.29, 1.82) is 0 Å². The highest BCUT2D eigenvalue weighted by molar-refractivity contribution is 5.83. The summed E-state index contributed by atoms with van der Waals surface area (Å²) in [5, 5.41) is 1.27. The van der Waals surface area contributed by atoms with Crippen molar-refractivity contribution < 1.29 is 0 Å². The van der Waals surface area contributed by atoms with Crippen LogP contribution in [-0.4, -0.2) is 24.0 Å². The molecule has 1 heterocycles. The van der Waals surface area contributed by atoms with Crippen molar-refractivity contribution in [1.82, 2.24) is 9.88 Å². The summed E-state index contributed by atoms with van der Waals surface area (Å²) in [6, 6.07) is 8.72. The summed E-state index contributed by atoms with van der Waals surface area (Å²) < 4.78 is 0. The van der Waals surface area contributed by atoms with Crippen LogP contribution in [0.15, 0.2) is 24.3 Å². The zero-order chi connectivity index (χ0) is 10.1. The lowest BCUT2D eigenvalue weighted by molar-refractivity contribution is 0.322. The van der Waals surface area contributed by atoms with Crippen LogP contribution in [0.5, 0.6) is 0 Å². The third-order valence-corrected chi connectivity index (χ3v) is 2.74. The van der Waals surface area contributed by atoms with Gasteiger partial charge in [0.2, 0.25) is 0 Å². The van der Waals surface area contributed by atoms with Crippen LogP contribution >= 0.6 is 0 Å². The minimum absolute atomic E-state index is 0.395. The van der Waals surface area contributed by atoms with E-state index < -0.39 is 0 Å². The monoisotopic (exact) mass is 187 g/mol. The Morgan fingerprint density at radius 2 is 2.00 bits per heavy atom. The molecular weight excluding hydrogens is 172 g/mol. The first-order valence-corrected chi connectivity index (χ1v) is 4.85. The maximum Gasteiger partial charge on any atom is 0.0682 e. The Bertz CT molecular complexity index is 429. The van der Waals surface area contributed by atoms with Crippen molar-refractivity contribution in [3.8, 4) is 0 Å². The first-order chi connectivity index (χ1) is 6.70. The van der Waals surface area contributed by atoms with Crippen LogP contribution in [0.1, 0.15) is 18.5 Å². The normalized spacial score (nSPS) is 13.7. The molecule has 0 amide bonds. The van der Waals surface area contributed by atoms with Crippen LogP contribution in [0, 0.1) is 6.20 Å². The number of hydrogen-bond donors (Lipinski definition) is 1. The van der Waals surface area contributed by atoms with Gasteiger partial charge >= 0.3 is 0 Å². The van der Waals surface area contributed by atoms with Crippen LogP contribution in [0.3, 0.4) is 0 Å². The number of nitrogens with one attached hydrogen (secondary N) is 1. The van der Waals surface area contributed by atoms with Crippen molar-refractivity contribution in [2.75, 3.05) is 14.1 Å². The highest BCUT2D eigenvalue weighted by Crippen LogP contribution is 2.25. The summed E-state index contributed by atoms with van der Waals surface area (Å²) in [5.41, 5.74) is 2.40. The first-order valence-electron chi connectivity index (χ1n) is 4.85. The van der Waals surface area contributed by atoms with Gasteiger partial charge in [0.25, 0.3) is 0 Å². The molecule has 2 rings (SSSR count). The lowest BCUT2D eigenvalue weighted by Gasteiger charge is -2.18. The maximum absolute atomic E-state index is 3.23. The molecule has 1 radical (unpaired) electrons. The average molecular weight is 187 g/mol. The summed E-state index contributed by atoms with van der Waals surface area (Å²) in [6.45, 7) is 2.19. The smallest absolute Gasteiger partial charge is 0.0682 e. The van der Waals surface area contributed by atoms with Gasteiger partial charge < -0.3 is 9.88 Å². The topological polar surface area (TPSA) is 19.0 Å². The van der Waals surface area contributed by atoms with Crippen molar-refractivity contribution >= 4 is 10.9 Å². The highest BCUT2D eigenvalue weighted by atomic mass is 15.1. The third-order valence-electron chi connectivity index (χ3n) is 2.74. The molecule has 0 aliphatic rings. The number of benzene rings is 1. The summed E-state index contributed by atoms with van der Waals surface area (Å²) in [4.78, 5) is 5.36. The van der Waals surface area contributed by atoms with Crippen molar-refractivity contribution in [2.24, 2.45) is 0 Å². The van der Waals surface area contributed by atoms with E-state index in [0.717, 1.165) is 5.52 Å². The largest absolute Gasteiger partial charge is 0.353 e. The molecule has 1 unspecified atom stereocenters. The van der Waals surface area contributed by atoms with E-state index in [-0.39, 0.29) is 0 Å². The Hall–Kier alpha value is -1.28. The van der Waals surface area contributed by atoms with Crippen LogP contribution in [0.4, 0.5) is 0 Å².